The maximum atomic E-state index is 12.9. The zero-order chi connectivity index (χ0) is 19.6. The Labute approximate surface area is 159 Å². The summed E-state index contributed by atoms with van der Waals surface area (Å²) >= 11 is 0. The van der Waals surface area contributed by atoms with Gasteiger partial charge in [0.25, 0.3) is 5.91 Å². The fourth-order valence-electron chi connectivity index (χ4n) is 3.35. The van der Waals surface area contributed by atoms with Gasteiger partial charge in [-0.15, -0.1) is 0 Å². The first-order chi connectivity index (χ1) is 12.9. The van der Waals surface area contributed by atoms with Gasteiger partial charge >= 0.3 is 0 Å². The minimum absolute atomic E-state index is 0.0127. The predicted octanol–water partition coefficient (Wildman–Crippen LogP) is 1.96. The Kier molecular flexibility index (Phi) is 5.48. The van der Waals surface area contributed by atoms with Crippen LogP contribution in [0.1, 0.15) is 35.6 Å². The molecule has 1 aromatic carbocycles. The molecular weight excluding hydrogens is 344 g/mol. The van der Waals surface area contributed by atoms with E-state index in [0.717, 1.165) is 17.0 Å². The van der Waals surface area contributed by atoms with Crippen molar-refractivity contribution in [2.24, 2.45) is 0 Å². The van der Waals surface area contributed by atoms with Gasteiger partial charge in [-0.05, 0) is 31.0 Å². The van der Waals surface area contributed by atoms with E-state index in [1.807, 2.05) is 35.9 Å². The average Bonchev–Trinajstić information content (AvgIpc) is 3.10. The molecule has 0 saturated heterocycles. The highest BCUT2D eigenvalue weighted by Crippen LogP contribution is 2.21. The van der Waals surface area contributed by atoms with Crippen LogP contribution in [-0.2, 0) is 24.3 Å². The van der Waals surface area contributed by atoms with Crippen LogP contribution in [0.15, 0.2) is 30.3 Å². The lowest BCUT2D eigenvalue weighted by Gasteiger charge is -2.26. The second kappa shape index (κ2) is 7.82. The first-order valence-electron chi connectivity index (χ1n) is 9.12. The van der Waals surface area contributed by atoms with Gasteiger partial charge < -0.3 is 14.5 Å². The standard InChI is InChI=1S/C20H26N4O3/c1-14(11-16-7-5-6-8-19(16)27-4)22(3)20(26)18-12-17-13-23(15(2)25)9-10-24(17)21-18/h5-8,12,14H,9-11,13H2,1-4H3/t14-/m1/s1. The lowest BCUT2D eigenvalue weighted by Crippen LogP contribution is -2.37. The fraction of sp³-hybridized carbons (Fsp3) is 0.450. The topological polar surface area (TPSA) is 67.7 Å². The van der Waals surface area contributed by atoms with E-state index < -0.39 is 0 Å². The third kappa shape index (κ3) is 3.97. The van der Waals surface area contributed by atoms with Crippen molar-refractivity contribution in [2.45, 2.75) is 39.4 Å². The van der Waals surface area contributed by atoms with Crippen molar-refractivity contribution in [1.82, 2.24) is 19.6 Å². The van der Waals surface area contributed by atoms with Gasteiger partial charge in [-0.3, -0.25) is 14.3 Å². The summed E-state index contributed by atoms with van der Waals surface area (Å²) in [5.74, 6) is 0.749. The van der Waals surface area contributed by atoms with E-state index >= 15 is 0 Å². The molecule has 0 aliphatic carbocycles. The van der Waals surface area contributed by atoms with Crippen LogP contribution >= 0.6 is 0 Å². The SMILES string of the molecule is COc1ccccc1C[C@@H](C)N(C)C(=O)c1cc2n(n1)CCN(C(C)=O)C2. The predicted molar refractivity (Wildman–Crippen MR) is 102 cm³/mol. The van der Waals surface area contributed by atoms with Crippen LogP contribution in [0.3, 0.4) is 0 Å². The lowest BCUT2D eigenvalue weighted by molar-refractivity contribution is -0.130. The van der Waals surface area contributed by atoms with Crippen molar-refractivity contribution in [2.75, 3.05) is 20.7 Å². The highest BCUT2D eigenvalue weighted by Gasteiger charge is 2.25. The smallest absolute Gasteiger partial charge is 0.274 e. The number of likely N-dealkylation sites (N-methyl/N-ethyl adjacent to an activating group) is 1. The molecule has 7 nitrogen and oxygen atoms in total. The van der Waals surface area contributed by atoms with Gasteiger partial charge in [0.2, 0.25) is 5.91 Å². The fourth-order valence-corrected chi connectivity index (χ4v) is 3.35. The number of carbonyl (C=O) groups excluding carboxylic acids is 2. The molecule has 0 N–H and O–H groups in total. The molecular formula is C20H26N4O3. The molecule has 7 heteroatoms. The molecule has 0 unspecified atom stereocenters. The summed E-state index contributed by atoms with van der Waals surface area (Å²) in [4.78, 5) is 28.0. The quantitative estimate of drug-likeness (QED) is 0.807. The Morgan fingerprint density at radius 1 is 1.30 bits per heavy atom. The zero-order valence-electron chi connectivity index (χ0n) is 16.3. The Morgan fingerprint density at radius 2 is 2.04 bits per heavy atom. The normalized spacial score (nSPS) is 14.4. The number of hydrogen-bond donors (Lipinski definition) is 0. The molecule has 0 fully saturated rings. The van der Waals surface area contributed by atoms with E-state index in [1.165, 1.54) is 0 Å². The molecule has 0 radical (unpaired) electrons. The van der Waals surface area contributed by atoms with Gasteiger partial charge in [-0.2, -0.15) is 5.10 Å². The van der Waals surface area contributed by atoms with Crippen LogP contribution in [0, 0.1) is 0 Å². The summed E-state index contributed by atoms with van der Waals surface area (Å²) in [7, 11) is 3.45. The zero-order valence-corrected chi connectivity index (χ0v) is 16.3. The van der Waals surface area contributed by atoms with E-state index in [2.05, 4.69) is 5.10 Å². The second-order valence-corrected chi connectivity index (χ2v) is 6.97. The van der Waals surface area contributed by atoms with Crippen molar-refractivity contribution in [3.63, 3.8) is 0 Å². The van der Waals surface area contributed by atoms with E-state index in [4.69, 9.17) is 4.74 Å². The molecule has 1 aliphatic heterocycles. The van der Waals surface area contributed by atoms with Gasteiger partial charge in [-0.1, -0.05) is 18.2 Å². The number of amides is 2. The van der Waals surface area contributed by atoms with E-state index in [-0.39, 0.29) is 17.9 Å². The summed E-state index contributed by atoms with van der Waals surface area (Å²) < 4.78 is 7.23. The Hall–Kier alpha value is -2.83. The number of hydrogen-bond acceptors (Lipinski definition) is 4. The van der Waals surface area contributed by atoms with Crippen LogP contribution in [0.5, 0.6) is 5.75 Å². The van der Waals surface area contributed by atoms with Crippen LogP contribution in [0.2, 0.25) is 0 Å². The highest BCUT2D eigenvalue weighted by molar-refractivity contribution is 5.92. The first-order valence-corrected chi connectivity index (χ1v) is 9.12. The van der Waals surface area contributed by atoms with Crippen LogP contribution < -0.4 is 4.74 Å². The third-order valence-corrected chi connectivity index (χ3v) is 5.15. The van der Waals surface area contributed by atoms with E-state index in [0.29, 0.717) is 31.7 Å². The first kappa shape index (κ1) is 18.9. The summed E-state index contributed by atoms with van der Waals surface area (Å²) in [6.07, 6.45) is 0.692. The maximum Gasteiger partial charge on any atom is 0.274 e. The van der Waals surface area contributed by atoms with Crippen LogP contribution in [0.4, 0.5) is 0 Å². The molecule has 2 amide bonds. The third-order valence-electron chi connectivity index (χ3n) is 5.15. The van der Waals surface area contributed by atoms with E-state index in [9.17, 15) is 9.59 Å². The highest BCUT2D eigenvalue weighted by atomic mass is 16.5. The van der Waals surface area contributed by atoms with Crippen LogP contribution in [-0.4, -0.2) is 58.1 Å². The molecule has 144 valence electrons. The Balaban J connectivity index is 1.71. The van der Waals surface area contributed by atoms with Gasteiger partial charge in [0.05, 0.1) is 25.9 Å². The van der Waals surface area contributed by atoms with Crippen molar-refractivity contribution >= 4 is 11.8 Å². The number of ether oxygens (including phenoxy) is 1. The molecule has 1 aliphatic rings. The van der Waals surface area contributed by atoms with Gasteiger partial charge in [0.15, 0.2) is 5.69 Å². The minimum atomic E-state index is -0.117. The monoisotopic (exact) mass is 370 g/mol. The molecule has 1 atom stereocenters. The molecule has 3 rings (SSSR count). The summed E-state index contributed by atoms with van der Waals surface area (Å²) in [5.41, 5.74) is 2.38. The number of nitrogens with zero attached hydrogens (tertiary/aromatic N) is 4. The number of aromatic nitrogens is 2. The summed E-state index contributed by atoms with van der Waals surface area (Å²) in [6.45, 7) is 5.31. The molecule has 0 saturated carbocycles. The van der Waals surface area contributed by atoms with Crippen molar-refractivity contribution < 1.29 is 14.3 Å². The van der Waals surface area contributed by atoms with Crippen molar-refractivity contribution in [3.8, 4) is 5.75 Å². The van der Waals surface area contributed by atoms with E-state index in [1.54, 1.807) is 36.9 Å². The number of methoxy groups -OCH3 is 1. The number of carbonyl (C=O) groups is 2. The Bertz CT molecular complexity index is 846. The van der Waals surface area contributed by atoms with Crippen molar-refractivity contribution in [3.05, 3.63) is 47.3 Å². The molecule has 27 heavy (non-hydrogen) atoms. The molecule has 1 aromatic heterocycles. The summed E-state index contributed by atoms with van der Waals surface area (Å²) in [6, 6.07) is 9.62. The second-order valence-electron chi connectivity index (χ2n) is 6.97. The summed E-state index contributed by atoms with van der Waals surface area (Å²) in [5, 5.41) is 4.45. The largest absolute Gasteiger partial charge is 0.496 e. The van der Waals surface area contributed by atoms with Gasteiger partial charge in [0, 0.05) is 26.6 Å². The van der Waals surface area contributed by atoms with Gasteiger partial charge in [0.1, 0.15) is 5.75 Å². The minimum Gasteiger partial charge on any atom is -0.496 e. The Morgan fingerprint density at radius 3 is 2.74 bits per heavy atom. The maximum absolute atomic E-state index is 12.9. The molecule has 0 spiro atoms. The lowest BCUT2D eigenvalue weighted by atomic mass is 10.0. The number of benzene rings is 1. The van der Waals surface area contributed by atoms with Crippen LogP contribution in [0.25, 0.3) is 0 Å². The average molecular weight is 370 g/mol. The molecule has 2 heterocycles. The van der Waals surface area contributed by atoms with Gasteiger partial charge in [-0.25, -0.2) is 0 Å². The number of rotatable bonds is 5. The molecule has 2 aromatic rings. The molecule has 0 bridgehead atoms. The number of fused-ring (bicyclic) bond motifs is 1. The number of para-hydroxylation sites is 1. The van der Waals surface area contributed by atoms with Crippen molar-refractivity contribution in [1.29, 1.82) is 0 Å².